The molecule has 2 aromatic carbocycles. The van der Waals surface area contributed by atoms with Crippen molar-refractivity contribution in [3.63, 3.8) is 0 Å². The number of sulfonamides is 1. The van der Waals surface area contributed by atoms with Crippen molar-refractivity contribution in [1.82, 2.24) is 4.31 Å². The fraction of sp³-hybridized carbons (Fsp3) is 0.458. The predicted octanol–water partition coefficient (Wildman–Crippen LogP) is 4.36. The molecule has 1 heterocycles. The van der Waals surface area contributed by atoms with Crippen LogP contribution in [0.25, 0.3) is 0 Å². The zero-order valence-electron chi connectivity index (χ0n) is 18.6. The first-order valence-corrected chi connectivity index (χ1v) is 11.9. The molecule has 3 rings (SSSR count). The van der Waals surface area contributed by atoms with Gasteiger partial charge in [0.2, 0.25) is 15.9 Å². The number of hydrogen-bond acceptors (Lipinski definition) is 3. The Balaban J connectivity index is 1.65. The van der Waals surface area contributed by atoms with E-state index in [-0.39, 0.29) is 17.2 Å². The van der Waals surface area contributed by atoms with Crippen LogP contribution >= 0.6 is 0 Å². The summed E-state index contributed by atoms with van der Waals surface area (Å²) in [7, 11) is -1.76. The number of hydrogen-bond donors (Lipinski definition) is 0. The molecule has 1 amide bonds. The molecule has 0 aromatic heterocycles. The van der Waals surface area contributed by atoms with Crippen LogP contribution in [0.1, 0.15) is 44.7 Å². The minimum Gasteiger partial charge on any atom is -0.315 e. The van der Waals surface area contributed by atoms with Gasteiger partial charge in [0.05, 0.1) is 4.90 Å². The van der Waals surface area contributed by atoms with Gasteiger partial charge in [-0.15, -0.1) is 0 Å². The summed E-state index contributed by atoms with van der Waals surface area (Å²) < 4.78 is 27.6. The first-order valence-electron chi connectivity index (χ1n) is 10.4. The van der Waals surface area contributed by atoms with Crippen LogP contribution in [0.3, 0.4) is 0 Å². The summed E-state index contributed by atoms with van der Waals surface area (Å²) in [6, 6.07) is 15.0. The largest absolute Gasteiger partial charge is 0.315 e. The lowest BCUT2D eigenvalue weighted by atomic mass is 9.87. The number of aryl methyl sites for hydroxylation is 1. The SMILES string of the molecule is Cc1ccc(N(C)C(=O)C2CCN(S(=O)(=O)c3ccc(C(C)(C)C)cc3)CC2)cc1. The molecule has 0 unspecified atom stereocenters. The van der Waals surface area contributed by atoms with Gasteiger partial charge in [-0.1, -0.05) is 50.6 Å². The Bertz CT molecular complexity index is 982. The van der Waals surface area contributed by atoms with E-state index in [2.05, 4.69) is 20.8 Å². The van der Waals surface area contributed by atoms with Gasteiger partial charge in [-0.2, -0.15) is 4.31 Å². The quantitative estimate of drug-likeness (QED) is 0.727. The zero-order valence-corrected chi connectivity index (χ0v) is 19.4. The summed E-state index contributed by atoms with van der Waals surface area (Å²) in [5.41, 5.74) is 3.09. The number of amides is 1. The van der Waals surface area contributed by atoms with Crippen LogP contribution in [-0.4, -0.2) is 38.8 Å². The molecular weight excluding hydrogens is 396 g/mol. The maximum atomic E-state index is 13.0. The smallest absolute Gasteiger partial charge is 0.243 e. The van der Waals surface area contributed by atoms with Crippen molar-refractivity contribution in [2.75, 3.05) is 25.0 Å². The second-order valence-corrected chi connectivity index (χ2v) is 11.1. The van der Waals surface area contributed by atoms with Gasteiger partial charge in [0.1, 0.15) is 0 Å². The van der Waals surface area contributed by atoms with E-state index < -0.39 is 10.0 Å². The lowest BCUT2D eigenvalue weighted by Gasteiger charge is -2.32. The zero-order chi connectivity index (χ0) is 22.1. The van der Waals surface area contributed by atoms with E-state index in [0.29, 0.717) is 30.8 Å². The molecule has 0 bridgehead atoms. The molecule has 1 fully saturated rings. The highest BCUT2D eigenvalue weighted by Gasteiger charge is 2.33. The van der Waals surface area contributed by atoms with Crippen LogP contribution in [0.5, 0.6) is 0 Å². The molecular formula is C24H32N2O3S. The molecule has 0 aliphatic carbocycles. The highest BCUT2D eigenvalue weighted by atomic mass is 32.2. The summed E-state index contributed by atoms with van der Waals surface area (Å²) in [5, 5.41) is 0. The highest BCUT2D eigenvalue weighted by Crippen LogP contribution is 2.28. The molecule has 6 heteroatoms. The minimum absolute atomic E-state index is 0.0233. The molecule has 1 saturated heterocycles. The van der Waals surface area contributed by atoms with E-state index in [1.165, 1.54) is 4.31 Å². The Morgan fingerprint density at radius 2 is 1.50 bits per heavy atom. The van der Waals surface area contributed by atoms with Gasteiger partial charge in [-0.3, -0.25) is 4.79 Å². The van der Waals surface area contributed by atoms with E-state index in [1.54, 1.807) is 24.1 Å². The third-order valence-corrected chi connectivity index (χ3v) is 7.83. The Morgan fingerprint density at radius 3 is 2.00 bits per heavy atom. The Labute approximate surface area is 180 Å². The molecule has 1 aliphatic heterocycles. The van der Waals surface area contributed by atoms with E-state index in [9.17, 15) is 13.2 Å². The Hall–Kier alpha value is -2.18. The van der Waals surface area contributed by atoms with Crippen molar-refractivity contribution in [2.45, 2.75) is 50.8 Å². The van der Waals surface area contributed by atoms with Gasteiger partial charge in [0, 0.05) is 31.7 Å². The number of rotatable bonds is 4. The predicted molar refractivity (Wildman–Crippen MR) is 121 cm³/mol. The molecule has 0 N–H and O–H groups in total. The number of anilines is 1. The van der Waals surface area contributed by atoms with Gasteiger partial charge in [-0.05, 0) is 55.0 Å². The summed E-state index contributed by atoms with van der Waals surface area (Å²) in [4.78, 5) is 14.9. The number of carbonyl (C=O) groups excluding carboxylic acids is 1. The number of carbonyl (C=O) groups is 1. The highest BCUT2D eigenvalue weighted by molar-refractivity contribution is 7.89. The first kappa shape index (κ1) is 22.5. The molecule has 0 spiro atoms. The average Bonchev–Trinajstić information content (AvgIpc) is 2.73. The summed E-state index contributed by atoms with van der Waals surface area (Å²) in [6.07, 6.45) is 1.07. The second-order valence-electron chi connectivity index (χ2n) is 9.19. The molecule has 162 valence electrons. The number of nitrogens with zero attached hydrogens (tertiary/aromatic N) is 2. The molecule has 0 radical (unpaired) electrons. The summed E-state index contributed by atoms with van der Waals surface area (Å²) in [6.45, 7) is 9.05. The van der Waals surface area contributed by atoms with Crippen molar-refractivity contribution in [1.29, 1.82) is 0 Å². The lowest BCUT2D eigenvalue weighted by molar-refractivity contribution is -0.123. The van der Waals surface area contributed by atoms with Crippen LogP contribution in [0.4, 0.5) is 5.69 Å². The van der Waals surface area contributed by atoms with Gasteiger partial charge in [0.15, 0.2) is 0 Å². The van der Waals surface area contributed by atoms with Crippen molar-refractivity contribution in [2.24, 2.45) is 5.92 Å². The molecule has 0 atom stereocenters. The molecule has 30 heavy (non-hydrogen) atoms. The van der Waals surface area contributed by atoms with E-state index in [1.807, 2.05) is 43.3 Å². The van der Waals surface area contributed by atoms with Crippen LogP contribution in [0.2, 0.25) is 0 Å². The number of benzene rings is 2. The van der Waals surface area contributed by atoms with Gasteiger partial charge >= 0.3 is 0 Å². The number of piperidine rings is 1. The lowest BCUT2D eigenvalue weighted by Crippen LogP contribution is -2.43. The van der Waals surface area contributed by atoms with Crippen LogP contribution in [0, 0.1) is 12.8 Å². The third kappa shape index (κ3) is 4.76. The van der Waals surface area contributed by atoms with Crippen molar-refractivity contribution in [3.8, 4) is 0 Å². The van der Waals surface area contributed by atoms with Crippen molar-refractivity contribution in [3.05, 3.63) is 59.7 Å². The van der Waals surface area contributed by atoms with Crippen molar-refractivity contribution < 1.29 is 13.2 Å². The molecule has 0 saturated carbocycles. The monoisotopic (exact) mass is 428 g/mol. The Kier molecular flexibility index (Phi) is 6.39. The van der Waals surface area contributed by atoms with Gasteiger partial charge < -0.3 is 4.90 Å². The molecule has 2 aromatic rings. The van der Waals surface area contributed by atoms with E-state index in [4.69, 9.17) is 0 Å². The maximum Gasteiger partial charge on any atom is 0.243 e. The normalized spacial score (nSPS) is 16.4. The van der Waals surface area contributed by atoms with E-state index in [0.717, 1.165) is 16.8 Å². The van der Waals surface area contributed by atoms with Crippen LogP contribution in [0.15, 0.2) is 53.4 Å². The van der Waals surface area contributed by atoms with Gasteiger partial charge in [0.25, 0.3) is 0 Å². The minimum atomic E-state index is -3.54. The standard InChI is InChI=1S/C24H32N2O3S/c1-18-6-10-21(11-7-18)25(5)23(27)19-14-16-26(17-15-19)30(28,29)22-12-8-20(9-13-22)24(2,3)4/h6-13,19H,14-17H2,1-5H3. The molecule has 1 aliphatic rings. The van der Waals surface area contributed by atoms with Crippen LogP contribution < -0.4 is 4.90 Å². The fourth-order valence-electron chi connectivity index (χ4n) is 3.79. The third-order valence-electron chi connectivity index (χ3n) is 5.91. The maximum absolute atomic E-state index is 13.0. The first-order chi connectivity index (χ1) is 14.0. The second kappa shape index (κ2) is 8.52. The van der Waals surface area contributed by atoms with Crippen LogP contribution in [-0.2, 0) is 20.2 Å². The average molecular weight is 429 g/mol. The van der Waals surface area contributed by atoms with Crippen molar-refractivity contribution >= 4 is 21.6 Å². The topological polar surface area (TPSA) is 57.7 Å². The van der Waals surface area contributed by atoms with E-state index >= 15 is 0 Å². The fourth-order valence-corrected chi connectivity index (χ4v) is 5.26. The summed E-state index contributed by atoms with van der Waals surface area (Å²) >= 11 is 0. The Morgan fingerprint density at radius 1 is 0.967 bits per heavy atom. The van der Waals surface area contributed by atoms with Gasteiger partial charge in [-0.25, -0.2) is 8.42 Å². The molecule has 5 nitrogen and oxygen atoms in total. The summed E-state index contributed by atoms with van der Waals surface area (Å²) in [5.74, 6) is -0.114.